The van der Waals surface area contributed by atoms with Gasteiger partial charge in [-0.2, -0.15) is 0 Å². The molecule has 0 saturated heterocycles. The summed E-state index contributed by atoms with van der Waals surface area (Å²) in [4.78, 5) is 29.1. The highest BCUT2D eigenvalue weighted by Crippen LogP contribution is 2.26. The van der Waals surface area contributed by atoms with Gasteiger partial charge in [0, 0.05) is 23.7 Å². The van der Waals surface area contributed by atoms with Gasteiger partial charge in [-0.25, -0.2) is 4.98 Å². The van der Waals surface area contributed by atoms with Gasteiger partial charge in [-0.15, -0.1) is 21.5 Å². The molecule has 0 radical (unpaired) electrons. The average molecular weight is 459 g/mol. The Kier molecular flexibility index (Phi) is 7.80. The van der Waals surface area contributed by atoms with E-state index in [1.54, 1.807) is 17.6 Å². The summed E-state index contributed by atoms with van der Waals surface area (Å²) in [5, 5.41) is 17.5. The van der Waals surface area contributed by atoms with Crippen LogP contribution in [0.1, 0.15) is 48.6 Å². The second-order valence-electron chi connectivity index (χ2n) is 7.32. The van der Waals surface area contributed by atoms with E-state index in [0.717, 1.165) is 5.56 Å². The lowest BCUT2D eigenvalue weighted by molar-refractivity contribution is -0.113. The van der Waals surface area contributed by atoms with Crippen molar-refractivity contribution in [3.8, 4) is 0 Å². The number of benzene rings is 1. The number of thiazole rings is 1. The van der Waals surface area contributed by atoms with E-state index in [1.807, 2.05) is 50.5 Å². The van der Waals surface area contributed by atoms with E-state index < -0.39 is 0 Å². The average Bonchev–Trinajstić information content (AvgIpc) is 3.39. The Hall–Kier alpha value is -2.72. The van der Waals surface area contributed by atoms with E-state index >= 15 is 0 Å². The van der Waals surface area contributed by atoms with E-state index in [4.69, 9.17) is 0 Å². The summed E-state index contributed by atoms with van der Waals surface area (Å²) in [5.41, 5.74) is 1.64. The van der Waals surface area contributed by atoms with Gasteiger partial charge in [0.25, 0.3) is 5.91 Å². The summed E-state index contributed by atoms with van der Waals surface area (Å²) in [6.45, 7) is 8.64. The van der Waals surface area contributed by atoms with Gasteiger partial charge in [-0.05, 0) is 31.9 Å². The van der Waals surface area contributed by atoms with Crippen LogP contribution in [0.4, 0.5) is 5.13 Å². The first-order valence-electron chi connectivity index (χ1n) is 10.0. The number of anilines is 1. The minimum absolute atomic E-state index is 0.106. The molecule has 3 aromatic rings. The van der Waals surface area contributed by atoms with Crippen LogP contribution < -0.4 is 10.6 Å². The van der Waals surface area contributed by atoms with Crippen LogP contribution in [-0.2, 0) is 11.3 Å². The SMILES string of the molecule is CCn1c(SCC(=O)Nc2nccs2)nnc1[C@@H](NC(=O)c1cccc(C)c1)C(C)C. The normalized spacial score (nSPS) is 12.0. The van der Waals surface area contributed by atoms with Crippen LogP contribution >= 0.6 is 23.1 Å². The summed E-state index contributed by atoms with van der Waals surface area (Å²) in [5.74, 6) is 0.681. The Morgan fingerprint density at radius 3 is 2.71 bits per heavy atom. The Morgan fingerprint density at radius 1 is 1.26 bits per heavy atom. The van der Waals surface area contributed by atoms with Crippen molar-refractivity contribution in [3.63, 3.8) is 0 Å². The highest BCUT2D eigenvalue weighted by molar-refractivity contribution is 7.99. The van der Waals surface area contributed by atoms with E-state index in [1.165, 1.54) is 23.1 Å². The van der Waals surface area contributed by atoms with Crippen molar-refractivity contribution in [2.45, 2.75) is 45.4 Å². The third kappa shape index (κ3) is 5.92. The van der Waals surface area contributed by atoms with E-state index in [2.05, 4.69) is 25.8 Å². The molecule has 2 amide bonds. The quantitative estimate of drug-likeness (QED) is 0.471. The number of aryl methyl sites for hydroxylation is 1. The number of hydrogen-bond acceptors (Lipinski definition) is 7. The second-order valence-corrected chi connectivity index (χ2v) is 9.16. The van der Waals surface area contributed by atoms with Crippen LogP contribution in [0.15, 0.2) is 41.0 Å². The molecule has 1 atom stereocenters. The molecule has 8 nitrogen and oxygen atoms in total. The molecule has 0 aliphatic heterocycles. The van der Waals surface area contributed by atoms with Crippen molar-refractivity contribution < 1.29 is 9.59 Å². The van der Waals surface area contributed by atoms with Crippen LogP contribution in [0.2, 0.25) is 0 Å². The highest BCUT2D eigenvalue weighted by Gasteiger charge is 2.26. The molecule has 3 rings (SSSR count). The molecule has 1 aromatic carbocycles. The zero-order chi connectivity index (χ0) is 22.4. The molecule has 2 N–H and O–H groups in total. The van der Waals surface area contributed by atoms with Crippen molar-refractivity contribution in [1.82, 2.24) is 25.1 Å². The first-order valence-corrected chi connectivity index (χ1v) is 11.9. The fourth-order valence-electron chi connectivity index (χ4n) is 3.04. The van der Waals surface area contributed by atoms with Crippen molar-refractivity contribution >= 4 is 40.0 Å². The molecule has 0 unspecified atom stereocenters. The summed E-state index contributed by atoms with van der Waals surface area (Å²) in [6, 6.07) is 7.18. The maximum absolute atomic E-state index is 12.8. The zero-order valence-corrected chi connectivity index (χ0v) is 19.6. The van der Waals surface area contributed by atoms with Crippen LogP contribution in [0.25, 0.3) is 0 Å². The van der Waals surface area contributed by atoms with Gasteiger partial charge in [-0.1, -0.05) is 43.3 Å². The highest BCUT2D eigenvalue weighted by atomic mass is 32.2. The summed E-state index contributed by atoms with van der Waals surface area (Å²) < 4.78 is 1.95. The molecule has 0 spiro atoms. The maximum atomic E-state index is 12.8. The largest absolute Gasteiger partial charge is 0.342 e. The molecule has 10 heteroatoms. The fraction of sp³-hybridized carbons (Fsp3) is 0.381. The van der Waals surface area contributed by atoms with Crippen molar-refractivity contribution in [2.75, 3.05) is 11.1 Å². The molecule has 2 aromatic heterocycles. The first-order chi connectivity index (χ1) is 14.9. The molecule has 2 heterocycles. The molecule has 0 fully saturated rings. The standard InChI is InChI=1S/C21H26N6O2S2/c1-5-27-18(17(13(2)3)24-19(29)15-8-6-7-14(4)11-15)25-26-21(27)31-12-16(28)23-20-22-9-10-30-20/h6-11,13,17H,5,12H2,1-4H3,(H,24,29)(H,22,23,28)/t17-/m0/s1. The molecular formula is C21H26N6O2S2. The second kappa shape index (κ2) is 10.5. The predicted molar refractivity (Wildman–Crippen MR) is 123 cm³/mol. The first kappa shape index (κ1) is 23.0. The van der Waals surface area contributed by atoms with Crippen LogP contribution in [-0.4, -0.2) is 37.3 Å². The van der Waals surface area contributed by atoms with Gasteiger partial charge in [0.05, 0.1) is 11.8 Å². The fourth-order valence-corrected chi connectivity index (χ4v) is 4.40. The molecule has 164 valence electrons. The molecule has 0 saturated carbocycles. The Labute approximate surface area is 189 Å². The summed E-state index contributed by atoms with van der Waals surface area (Å²) in [6.07, 6.45) is 1.64. The number of nitrogens with one attached hydrogen (secondary N) is 2. The van der Waals surface area contributed by atoms with Gasteiger partial charge < -0.3 is 15.2 Å². The monoisotopic (exact) mass is 458 g/mol. The summed E-state index contributed by atoms with van der Waals surface area (Å²) in [7, 11) is 0. The number of thioether (sulfide) groups is 1. The number of nitrogens with zero attached hydrogens (tertiary/aromatic N) is 4. The number of carbonyl (C=O) groups excluding carboxylic acids is 2. The van der Waals surface area contributed by atoms with Gasteiger partial charge in [0.1, 0.15) is 0 Å². The lowest BCUT2D eigenvalue weighted by atomic mass is 10.0. The smallest absolute Gasteiger partial charge is 0.251 e. The van der Waals surface area contributed by atoms with Crippen LogP contribution in [0.3, 0.4) is 0 Å². The molecular weight excluding hydrogens is 432 g/mol. The van der Waals surface area contributed by atoms with Gasteiger partial charge in [-0.3, -0.25) is 9.59 Å². The number of amides is 2. The maximum Gasteiger partial charge on any atom is 0.251 e. The van der Waals surface area contributed by atoms with Crippen molar-refractivity contribution in [1.29, 1.82) is 0 Å². The molecule has 0 aliphatic carbocycles. The van der Waals surface area contributed by atoms with Crippen LogP contribution in [0.5, 0.6) is 0 Å². The number of carbonyl (C=O) groups is 2. The van der Waals surface area contributed by atoms with E-state index in [9.17, 15) is 9.59 Å². The minimum atomic E-state index is -0.307. The summed E-state index contributed by atoms with van der Waals surface area (Å²) >= 11 is 2.68. The van der Waals surface area contributed by atoms with Gasteiger partial charge in [0.2, 0.25) is 5.91 Å². The zero-order valence-electron chi connectivity index (χ0n) is 18.0. The van der Waals surface area contributed by atoms with Crippen molar-refractivity contribution in [2.24, 2.45) is 5.92 Å². The minimum Gasteiger partial charge on any atom is -0.342 e. The predicted octanol–water partition coefficient (Wildman–Crippen LogP) is 3.92. The Morgan fingerprint density at radius 2 is 2.06 bits per heavy atom. The number of aromatic nitrogens is 4. The third-order valence-corrected chi connectivity index (χ3v) is 6.24. The lowest BCUT2D eigenvalue weighted by Crippen LogP contribution is -2.33. The van der Waals surface area contributed by atoms with Crippen LogP contribution in [0, 0.1) is 12.8 Å². The Balaban J connectivity index is 1.72. The third-order valence-electron chi connectivity index (χ3n) is 4.58. The Bertz CT molecular complexity index is 1030. The lowest BCUT2D eigenvalue weighted by Gasteiger charge is -2.22. The molecule has 0 aliphatic rings. The van der Waals surface area contributed by atoms with Crippen molar-refractivity contribution in [3.05, 3.63) is 52.8 Å². The molecule has 0 bridgehead atoms. The molecule has 31 heavy (non-hydrogen) atoms. The number of rotatable bonds is 9. The van der Waals surface area contributed by atoms with Gasteiger partial charge >= 0.3 is 0 Å². The van der Waals surface area contributed by atoms with E-state index in [-0.39, 0.29) is 29.5 Å². The number of hydrogen-bond donors (Lipinski definition) is 2. The van der Waals surface area contributed by atoms with Gasteiger partial charge in [0.15, 0.2) is 16.1 Å². The van der Waals surface area contributed by atoms with E-state index in [0.29, 0.717) is 28.2 Å². The topological polar surface area (TPSA) is 102 Å².